The molecule has 0 aromatic carbocycles. The number of likely N-dealkylation sites (N-methyl/N-ethyl adjacent to an activating group) is 1. The molecule has 0 saturated carbocycles. The zero-order valence-corrected chi connectivity index (χ0v) is 9.85. The Labute approximate surface area is 93.0 Å². The smallest absolute Gasteiger partial charge is 0.324 e. The van der Waals surface area contributed by atoms with Crippen LogP contribution in [0.4, 0.5) is 0 Å². The van der Waals surface area contributed by atoms with Crippen LogP contribution in [0.25, 0.3) is 0 Å². The summed E-state index contributed by atoms with van der Waals surface area (Å²) in [6, 6.07) is 1.85. The number of aryl methyl sites for hydroxylation is 1. The lowest BCUT2D eigenvalue weighted by Crippen LogP contribution is -2.49. The van der Waals surface area contributed by atoms with Crippen LogP contribution < -0.4 is 5.32 Å². The largest absolute Gasteiger partial charge is 0.480 e. The minimum atomic E-state index is -0.908. The van der Waals surface area contributed by atoms with Gasteiger partial charge >= 0.3 is 5.97 Å². The van der Waals surface area contributed by atoms with Crippen LogP contribution in [-0.4, -0.2) is 29.4 Å². The number of furan rings is 1. The van der Waals surface area contributed by atoms with Crippen LogP contribution >= 0.6 is 11.8 Å². The average molecular weight is 229 g/mol. The average Bonchev–Trinajstić information content (AvgIpc) is 2.60. The summed E-state index contributed by atoms with van der Waals surface area (Å²) in [5.74, 6) is 0.432. The molecule has 0 amide bonds. The predicted octanol–water partition coefficient (Wildman–Crippen LogP) is 1.74. The molecular formula is C10H15NO3S. The Balaban J connectivity index is 2.63. The van der Waals surface area contributed by atoms with E-state index in [1.165, 1.54) is 11.8 Å². The van der Waals surface area contributed by atoms with Crippen molar-refractivity contribution in [1.82, 2.24) is 5.32 Å². The maximum Gasteiger partial charge on any atom is 0.324 e. The van der Waals surface area contributed by atoms with Crippen molar-refractivity contribution in [2.45, 2.75) is 24.3 Å². The second-order valence-electron chi connectivity index (χ2n) is 3.52. The van der Waals surface area contributed by atoms with Gasteiger partial charge in [-0.25, -0.2) is 0 Å². The Morgan fingerprint density at radius 3 is 2.80 bits per heavy atom. The lowest BCUT2D eigenvalue weighted by atomic mass is 10.1. The molecule has 0 radical (unpaired) electrons. The SMILES string of the molecule is CNC(C)(CSc1ccoc1C)C(=O)O. The zero-order chi connectivity index (χ0) is 11.5. The number of hydrogen-bond donors (Lipinski definition) is 2. The first kappa shape index (κ1) is 12.1. The standard InChI is InChI=1S/C10H15NO3S/c1-7-8(4-5-14-7)15-6-10(2,11-3)9(12)13/h4-5,11H,6H2,1-3H3,(H,12,13). The van der Waals surface area contributed by atoms with Crippen LogP contribution in [0.5, 0.6) is 0 Å². The molecule has 1 atom stereocenters. The van der Waals surface area contributed by atoms with Gasteiger partial charge in [0.1, 0.15) is 11.3 Å². The second kappa shape index (κ2) is 4.72. The van der Waals surface area contributed by atoms with Gasteiger partial charge in [0.15, 0.2) is 0 Å². The molecular weight excluding hydrogens is 214 g/mol. The lowest BCUT2D eigenvalue weighted by Gasteiger charge is -2.23. The number of carbonyl (C=O) groups is 1. The molecule has 0 spiro atoms. The van der Waals surface area contributed by atoms with Gasteiger partial charge in [-0.3, -0.25) is 4.79 Å². The molecule has 0 saturated heterocycles. The van der Waals surface area contributed by atoms with Gasteiger partial charge in [-0.15, -0.1) is 11.8 Å². The van der Waals surface area contributed by atoms with E-state index in [4.69, 9.17) is 9.52 Å². The van der Waals surface area contributed by atoms with Crippen molar-refractivity contribution >= 4 is 17.7 Å². The Hall–Kier alpha value is -0.940. The molecule has 0 fully saturated rings. The van der Waals surface area contributed by atoms with Crippen molar-refractivity contribution in [3.63, 3.8) is 0 Å². The highest BCUT2D eigenvalue weighted by Crippen LogP contribution is 2.26. The topological polar surface area (TPSA) is 62.5 Å². The van der Waals surface area contributed by atoms with Gasteiger partial charge in [0.25, 0.3) is 0 Å². The molecule has 1 unspecified atom stereocenters. The summed E-state index contributed by atoms with van der Waals surface area (Å²) in [5.41, 5.74) is -0.908. The van der Waals surface area contributed by atoms with Crippen molar-refractivity contribution in [2.24, 2.45) is 0 Å². The third-order valence-corrected chi connectivity index (χ3v) is 3.81. The van der Waals surface area contributed by atoms with Gasteiger partial charge in [0, 0.05) is 10.6 Å². The maximum atomic E-state index is 11.0. The van der Waals surface area contributed by atoms with E-state index in [0.29, 0.717) is 5.75 Å². The molecule has 5 heteroatoms. The Morgan fingerprint density at radius 2 is 2.40 bits per heavy atom. The molecule has 2 N–H and O–H groups in total. The minimum Gasteiger partial charge on any atom is -0.480 e. The van der Waals surface area contributed by atoms with E-state index in [2.05, 4.69) is 5.32 Å². The predicted molar refractivity (Wildman–Crippen MR) is 59.3 cm³/mol. The van der Waals surface area contributed by atoms with Gasteiger partial charge in [0.05, 0.1) is 6.26 Å². The van der Waals surface area contributed by atoms with Crippen molar-refractivity contribution in [3.8, 4) is 0 Å². The number of rotatable bonds is 5. The Kier molecular flexibility index (Phi) is 3.82. The zero-order valence-electron chi connectivity index (χ0n) is 9.03. The van der Waals surface area contributed by atoms with Gasteiger partial charge in [-0.1, -0.05) is 0 Å². The van der Waals surface area contributed by atoms with E-state index in [9.17, 15) is 4.79 Å². The molecule has 1 aromatic heterocycles. The fraction of sp³-hybridized carbons (Fsp3) is 0.500. The molecule has 4 nitrogen and oxygen atoms in total. The highest BCUT2D eigenvalue weighted by Gasteiger charge is 2.31. The third-order valence-electron chi connectivity index (χ3n) is 2.35. The number of thioether (sulfide) groups is 1. The molecule has 84 valence electrons. The number of hydrogen-bond acceptors (Lipinski definition) is 4. The van der Waals surface area contributed by atoms with E-state index in [1.54, 1.807) is 20.2 Å². The first-order valence-electron chi connectivity index (χ1n) is 4.59. The Bertz CT molecular complexity index is 350. The summed E-state index contributed by atoms with van der Waals surface area (Å²) >= 11 is 1.48. The number of carboxylic acid groups (broad SMARTS) is 1. The highest BCUT2D eigenvalue weighted by molar-refractivity contribution is 7.99. The van der Waals surface area contributed by atoms with Crippen molar-refractivity contribution in [1.29, 1.82) is 0 Å². The molecule has 0 aliphatic carbocycles. The van der Waals surface area contributed by atoms with E-state index < -0.39 is 11.5 Å². The molecule has 15 heavy (non-hydrogen) atoms. The van der Waals surface area contributed by atoms with Crippen LogP contribution in [0, 0.1) is 6.92 Å². The summed E-state index contributed by atoms with van der Waals surface area (Å²) < 4.78 is 5.14. The lowest BCUT2D eigenvalue weighted by molar-refractivity contribution is -0.142. The highest BCUT2D eigenvalue weighted by atomic mass is 32.2. The van der Waals surface area contributed by atoms with Gasteiger partial charge in [-0.2, -0.15) is 0 Å². The second-order valence-corrected chi connectivity index (χ2v) is 4.53. The van der Waals surface area contributed by atoms with Crippen LogP contribution in [0.3, 0.4) is 0 Å². The normalized spacial score (nSPS) is 14.9. The number of carboxylic acids is 1. The maximum absolute atomic E-state index is 11.0. The fourth-order valence-electron chi connectivity index (χ4n) is 0.986. The fourth-order valence-corrected chi connectivity index (χ4v) is 2.10. The molecule has 1 rings (SSSR count). The summed E-state index contributed by atoms with van der Waals surface area (Å²) in [5, 5.41) is 11.8. The van der Waals surface area contributed by atoms with Crippen molar-refractivity contribution in [3.05, 3.63) is 18.1 Å². The van der Waals surface area contributed by atoms with E-state index in [-0.39, 0.29) is 0 Å². The van der Waals surface area contributed by atoms with Crippen LogP contribution in [-0.2, 0) is 4.79 Å². The Morgan fingerprint density at radius 1 is 1.73 bits per heavy atom. The molecule has 1 aromatic rings. The molecule has 1 heterocycles. The summed E-state index contributed by atoms with van der Waals surface area (Å²) in [6.45, 7) is 3.53. The number of aliphatic carboxylic acids is 1. The van der Waals surface area contributed by atoms with Gasteiger partial charge in [-0.05, 0) is 27.0 Å². The van der Waals surface area contributed by atoms with Crippen LogP contribution in [0.1, 0.15) is 12.7 Å². The summed E-state index contributed by atoms with van der Waals surface area (Å²) in [6.07, 6.45) is 1.61. The van der Waals surface area contributed by atoms with Crippen LogP contribution in [0.15, 0.2) is 21.6 Å². The quantitative estimate of drug-likeness (QED) is 0.753. The third kappa shape index (κ3) is 2.76. The van der Waals surface area contributed by atoms with E-state index in [1.807, 2.05) is 13.0 Å². The van der Waals surface area contributed by atoms with Crippen molar-refractivity contribution in [2.75, 3.05) is 12.8 Å². The summed E-state index contributed by atoms with van der Waals surface area (Å²) in [4.78, 5) is 12.0. The van der Waals surface area contributed by atoms with Gasteiger partial charge in [0.2, 0.25) is 0 Å². The molecule has 0 aliphatic heterocycles. The number of nitrogens with one attached hydrogen (secondary N) is 1. The molecule has 0 bridgehead atoms. The first-order valence-corrected chi connectivity index (χ1v) is 5.57. The monoisotopic (exact) mass is 229 g/mol. The van der Waals surface area contributed by atoms with Crippen molar-refractivity contribution < 1.29 is 14.3 Å². The minimum absolute atomic E-state index is 0.458. The van der Waals surface area contributed by atoms with Gasteiger partial charge < -0.3 is 14.8 Å². The first-order chi connectivity index (χ1) is 6.99. The van der Waals surface area contributed by atoms with E-state index >= 15 is 0 Å². The van der Waals surface area contributed by atoms with Crippen LogP contribution in [0.2, 0.25) is 0 Å². The van der Waals surface area contributed by atoms with E-state index in [0.717, 1.165) is 10.7 Å². The molecule has 0 aliphatic rings. The summed E-state index contributed by atoms with van der Waals surface area (Å²) in [7, 11) is 1.65.